The zero-order valence-electron chi connectivity index (χ0n) is 11.6. The van der Waals surface area contributed by atoms with E-state index < -0.39 is 0 Å². The van der Waals surface area contributed by atoms with Crippen LogP contribution in [0.15, 0.2) is 53.0 Å². The van der Waals surface area contributed by atoms with Crippen LogP contribution in [0.1, 0.15) is 11.4 Å². The first kappa shape index (κ1) is 14.0. The lowest BCUT2D eigenvalue weighted by Gasteiger charge is -2.11. The molecule has 1 heterocycles. The highest BCUT2D eigenvalue weighted by Crippen LogP contribution is 2.27. The van der Waals surface area contributed by atoms with Gasteiger partial charge in [-0.15, -0.1) is 10.2 Å². The van der Waals surface area contributed by atoms with Gasteiger partial charge in [0.25, 0.3) is 0 Å². The van der Waals surface area contributed by atoms with Gasteiger partial charge in [0.05, 0.1) is 6.54 Å². The highest BCUT2D eigenvalue weighted by molar-refractivity contribution is 9.10. The van der Waals surface area contributed by atoms with E-state index in [-0.39, 0.29) is 0 Å². The van der Waals surface area contributed by atoms with Crippen molar-refractivity contribution in [1.29, 1.82) is 0 Å². The largest absolute Gasteiger partial charge is 0.324 e. The van der Waals surface area contributed by atoms with Crippen LogP contribution in [-0.4, -0.2) is 14.8 Å². The average Bonchev–Trinajstić information content (AvgIpc) is 2.92. The van der Waals surface area contributed by atoms with Crippen LogP contribution < -0.4 is 5.73 Å². The second-order valence-electron chi connectivity index (χ2n) is 4.77. The molecule has 0 unspecified atom stereocenters. The minimum absolute atomic E-state index is 0.345. The predicted molar refractivity (Wildman–Crippen MR) is 87.1 cm³/mol. The van der Waals surface area contributed by atoms with Crippen LogP contribution in [0.25, 0.3) is 17.1 Å². The fraction of sp³-hybridized carbons (Fsp3) is 0.125. The van der Waals surface area contributed by atoms with Gasteiger partial charge in [0.1, 0.15) is 0 Å². The molecule has 2 N–H and O–H groups in total. The highest BCUT2D eigenvalue weighted by Gasteiger charge is 2.16. The van der Waals surface area contributed by atoms with Gasteiger partial charge >= 0.3 is 0 Å². The zero-order chi connectivity index (χ0) is 14.8. The highest BCUT2D eigenvalue weighted by atomic mass is 79.9. The summed E-state index contributed by atoms with van der Waals surface area (Å²) < 4.78 is 3.06. The first-order valence-corrected chi connectivity index (χ1v) is 7.46. The number of nitrogens with zero attached hydrogens (tertiary/aromatic N) is 3. The summed E-state index contributed by atoms with van der Waals surface area (Å²) in [4.78, 5) is 0. The number of aromatic nitrogens is 3. The molecular weight excluding hydrogens is 328 g/mol. The molecule has 0 aliphatic heterocycles. The Morgan fingerprint density at radius 2 is 1.86 bits per heavy atom. The molecule has 1 aromatic heterocycles. The molecule has 3 rings (SSSR count). The van der Waals surface area contributed by atoms with E-state index in [2.05, 4.69) is 39.1 Å². The lowest BCUT2D eigenvalue weighted by Crippen LogP contribution is -2.08. The van der Waals surface area contributed by atoms with Crippen molar-refractivity contribution < 1.29 is 0 Å². The summed E-state index contributed by atoms with van der Waals surface area (Å²) >= 11 is 3.49. The lowest BCUT2D eigenvalue weighted by atomic mass is 10.1. The van der Waals surface area contributed by atoms with Crippen molar-refractivity contribution in [2.75, 3.05) is 0 Å². The molecule has 0 amide bonds. The second-order valence-corrected chi connectivity index (χ2v) is 5.69. The Morgan fingerprint density at radius 3 is 2.52 bits per heavy atom. The van der Waals surface area contributed by atoms with E-state index in [0.29, 0.717) is 6.54 Å². The van der Waals surface area contributed by atoms with E-state index in [1.165, 1.54) is 0 Å². The van der Waals surface area contributed by atoms with E-state index in [9.17, 15) is 0 Å². The maximum absolute atomic E-state index is 5.81. The molecule has 0 saturated carbocycles. The Labute approximate surface area is 131 Å². The number of aryl methyl sites for hydroxylation is 1. The molecule has 0 aliphatic rings. The van der Waals surface area contributed by atoms with Crippen LogP contribution >= 0.6 is 15.9 Å². The summed E-state index contributed by atoms with van der Waals surface area (Å²) in [5, 5.41) is 8.57. The van der Waals surface area contributed by atoms with E-state index in [4.69, 9.17) is 5.73 Å². The van der Waals surface area contributed by atoms with Crippen molar-refractivity contribution in [2.45, 2.75) is 13.5 Å². The normalized spacial score (nSPS) is 10.8. The third-order valence-corrected chi connectivity index (χ3v) is 3.85. The van der Waals surface area contributed by atoms with Crippen molar-refractivity contribution in [3.8, 4) is 17.1 Å². The molecule has 106 valence electrons. The molecule has 0 fully saturated rings. The third-order valence-electron chi connectivity index (χ3n) is 3.36. The monoisotopic (exact) mass is 342 g/mol. The Bertz CT molecular complexity index is 765. The first-order valence-electron chi connectivity index (χ1n) is 6.67. The van der Waals surface area contributed by atoms with Crippen molar-refractivity contribution in [3.63, 3.8) is 0 Å². The molecule has 0 saturated heterocycles. The summed E-state index contributed by atoms with van der Waals surface area (Å²) in [7, 11) is 0. The standard InChI is InChI=1S/C16H15BrN4/c1-11-9-12(17)7-8-14(11)16-20-19-15(10-18)21(16)13-5-3-2-4-6-13/h2-9H,10,18H2,1H3. The Hall–Kier alpha value is -1.98. The van der Waals surface area contributed by atoms with E-state index in [1.54, 1.807) is 0 Å². The van der Waals surface area contributed by atoms with Gasteiger partial charge in [-0.2, -0.15) is 0 Å². The Morgan fingerprint density at radius 1 is 1.10 bits per heavy atom. The molecule has 4 nitrogen and oxygen atoms in total. The van der Waals surface area contributed by atoms with Crippen molar-refractivity contribution in [2.24, 2.45) is 5.73 Å². The first-order chi connectivity index (χ1) is 10.2. The number of nitrogens with two attached hydrogens (primary N) is 1. The quantitative estimate of drug-likeness (QED) is 0.792. The summed E-state index contributed by atoms with van der Waals surface area (Å²) in [6.07, 6.45) is 0. The number of para-hydroxylation sites is 1. The molecule has 0 radical (unpaired) electrons. The number of rotatable bonds is 3. The average molecular weight is 343 g/mol. The molecule has 0 spiro atoms. The summed E-state index contributed by atoms with van der Waals surface area (Å²) in [6.45, 7) is 2.41. The van der Waals surface area contributed by atoms with Crippen LogP contribution in [0.2, 0.25) is 0 Å². The smallest absolute Gasteiger partial charge is 0.168 e. The molecular formula is C16H15BrN4. The number of hydrogen-bond acceptors (Lipinski definition) is 3. The predicted octanol–water partition coefficient (Wildman–Crippen LogP) is 3.46. The summed E-state index contributed by atoms with van der Waals surface area (Å²) in [6, 6.07) is 16.2. The maximum Gasteiger partial charge on any atom is 0.168 e. The minimum atomic E-state index is 0.345. The fourth-order valence-electron chi connectivity index (χ4n) is 2.35. The van der Waals surface area contributed by atoms with Crippen LogP contribution in [-0.2, 0) is 6.54 Å². The maximum atomic E-state index is 5.81. The molecule has 2 aromatic carbocycles. The topological polar surface area (TPSA) is 56.7 Å². The summed E-state index contributed by atoms with van der Waals surface area (Å²) in [5.74, 6) is 1.56. The van der Waals surface area contributed by atoms with E-state index in [1.807, 2.05) is 47.0 Å². The molecule has 3 aromatic rings. The lowest BCUT2D eigenvalue weighted by molar-refractivity contribution is 0.861. The van der Waals surface area contributed by atoms with E-state index >= 15 is 0 Å². The van der Waals surface area contributed by atoms with Crippen LogP contribution in [0.4, 0.5) is 0 Å². The fourth-order valence-corrected chi connectivity index (χ4v) is 2.83. The van der Waals surface area contributed by atoms with Gasteiger partial charge in [-0.1, -0.05) is 34.1 Å². The van der Waals surface area contributed by atoms with Gasteiger partial charge in [0, 0.05) is 15.7 Å². The second kappa shape index (κ2) is 5.79. The zero-order valence-corrected chi connectivity index (χ0v) is 13.2. The van der Waals surface area contributed by atoms with Gasteiger partial charge in [-0.05, 0) is 42.8 Å². The summed E-state index contributed by atoms with van der Waals surface area (Å²) in [5.41, 5.74) is 9.01. The van der Waals surface area contributed by atoms with Crippen molar-refractivity contribution in [1.82, 2.24) is 14.8 Å². The van der Waals surface area contributed by atoms with Gasteiger partial charge in [-0.3, -0.25) is 4.57 Å². The number of halogens is 1. The van der Waals surface area contributed by atoms with Crippen molar-refractivity contribution >= 4 is 15.9 Å². The number of hydrogen-bond donors (Lipinski definition) is 1. The van der Waals surface area contributed by atoms with Crippen LogP contribution in [0, 0.1) is 6.92 Å². The van der Waals surface area contributed by atoms with Gasteiger partial charge in [0.2, 0.25) is 0 Å². The SMILES string of the molecule is Cc1cc(Br)ccc1-c1nnc(CN)n1-c1ccccc1. The van der Waals surface area contributed by atoms with Gasteiger partial charge in [-0.25, -0.2) is 0 Å². The van der Waals surface area contributed by atoms with Crippen LogP contribution in [0.5, 0.6) is 0 Å². The molecule has 0 atom stereocenters. The Kier molecular flexibility index (Phi) is 3.86. The van der Waals surface area contributed by atoms with Crippen LogP contribution in [0.3, 0.4) is 0 Å². The molecule has 0 bridgehead atoms. The molecule has 21 heavy (non-hydrogen) atoms. The molecule has 0 aliphatic carbocycles. The third kappa shape index (κ3) is 2.62. The van der Waals surface area contributed by atoms with Gasteiger partial charge < -0.3 is 5.73 Å². The minimum Gasteiger partial charge on any atom is -0.324 e. The van der Waals surface area contributed by atoms with Gasteiger partial charge in [0.15, 0.2) is 11.6 Å². The molecule has 5 heteroatoms. The number of benzene rings is 2. The Balaban J connectivity index is 2.22. The van der Waals surface area contributed by atoms with E-state index in [0.717, 1.165) is 32.9 Å². The van der Waals surface area contributed by atoms with Crippen molar-refractivity contribution in [3.05, 3.63) is 64.4 Å².